The average Bonchev–Trinajstić information content (AvgIpc) is 3.50. The fraction of sp³-hybridized carbons (Fsp3) is 0.387. The lowest BCUT2D eigenvalue weighted by Crippen LogP contribution is -2.39. The summed E-state index contributed by atoms with van der Waals surface area (Å²) in [4.78, 5) is 29.4. The Balaban J connectivity index is 1.34. The molecule has 2 unspecified atom stereocenters. The van der Waals surface area contributed by atoms with Crippen LogP contribution in [0.2, 0.25) is 0 Å². The molecule has 0 radical (unpaired) electrons. The first-order chi connectivity index (χ1) is 20.6. The van der Waals surface area contributed by atoms with Crippen LogP contribution in [0.25, 0.3) is 11.0 Å². The molecular weight excluding hydrogens is 630 g/mol. The monoisotopic (exact) mass is 665 g/mol. The Kier molecular flexibility index (Phi) is 8.18. The van der Waals surface area contributed by atoms with Crippen molar-refractivity contribution < 1.29 is 13.7 Å². The lowest BCUT2D eigenvalue weighted by atomic mass is 9.86. The number of aromatic nitrogens is 3. The maximum atomic E-state index is 13.1. The highest BCUT2D eigenvalue weighted by molar-refractivity contribution is 9.10. The number of rotatable bonds is 8. The predicted octanol–water partition coefficient (Wildman–Crippen LogP) is 5.83. The lowest BCUT2D eigenvalue weighted by Gasteiger charge is -2.32. The fourth-order valence-electron chi connectivity index (χ4n) is 6.04. The number of anilines is 4. The molecule has 12 heteroatoms. The third-order valence-electron chi connectivity index (χ3n) is 8.15. The van der Waals surface area contributed by atoms with Gasteiger partial charge in [0.25, 0.3) is 0 Å². The second-order valence-corrected chi connectivity index (χ2v) is 14.3. The van der Waals surface area contributed by atoms with Gasteiger partial charge in [0.15, 0.2) is 6.23 Å². The van der Waals surface area contributed by atoms with Crippen molar-refractivity contribution in [3.05, 3.63) is 58.2 Å². The molecule has 0 aliphatic carbocycles. The Bertz CT molecular complexity index is 1720. The number of halogens is 1. The van der Waals surface area contributed by atoms with Gasteiger partial charge in [-0.2, -0.15) is 9.97 Å². The number of nitrogens with zero attached hydrogens (tertiary/aromatic N) is 4. The van der Waals surface area contributed by atoms with E-state index in [0.717, 1.165) is 57.8 Å². The molecule has 4 N–H and O–H groups in total. The maximum Gasteiger partial charge on any atom is 0.237 e. The van der Waals surface area contributed by atoms with E-state index in [1.807, 2.05) is 56.1 Å². The van der Waals surface area contributed by atoms with E-state index >= 15 is 0 Å². The van der Waals surface area contributed by atoms with Gasteiger partial charge in [0.05, 0.1) is 39.0 Å². The van der Waals surface area contributed by atoms with Crippen LogP contribution in [-0.4, -0.2) is 61.1 Å². The number of piperidine rings is 1. The topological polar surface area (TPSA) is 129 Å². The number of likely N-dealkylation sites (tertiary alicyclic amines) is 1. The molecule has 4 heterocycles. The summed E-state index contributed by atoms with van der Waals surface area (Å²) in [7, 11) is -1.18. The van der Waals surface area contributed by atoms with E-state index in [2.05, 4.69) is 50.2 Å². The zero-order valence-corrected chi connectivity index (χ0v) is 27.1. The molecule has 2 aliphatic rings. The zero-order chi connectivity index (χ0) is 30.4. The number of hydrogen-bond donors (Lipinski definition) is 3. The summed E-state index contributed by atoms with van der Waals surface area (Å²) in [5.74, 6) is 1.99. The van der Waals surface area contributed by atoms with E-state index in [1.54, 1.807) is 0 Å². The van der Waals surface area contributed by atoms with Crippen LogP contribution in [0.3, 0.4) is 0 Å². The minimum absolute atomic E-state index is 0.0298. The Labute approximate surface area is 262 Å². The number of carbonyl (C=O) groups excluding carboxylic acids is 1. The third-order valence-corrected chi connectivity index (χ3v) is 10.4. The van der Waals surface area contributed by atoms with Crippen molar-refractivity contribution in [2.24, 2.45) is 5.73 Å². The molecule has 6 rings (SSSR count). The van der Waals surface area contributed by atoms with Crippen LogP contribution in [0.4, 0.5) is 23.1 Å². The van der Waals surface area contributed by atoms with Gasteiger partial charge < -0.3 is 20.8 Å². The minimum atomic E-state index is -1.18. The van der Waals surface area contributed by atoms with Crippen LogP contribution in [-0.2, 0) is 15.6 Å². The molecule has 1 amide bonds. The Morgan fingerprint density at radius 2 is 1.98 bits per heavy atom. The second-order valence-electron chi connectivity index (χ2n) is 11.5. The largest absolute Gasteiger partial charge is 0.468 e. The summed E-state index contributed by atoms with van der Waals surface area (Å²) in [5, 5.41) is 4.24. The number of hydrogen-bond acceptors (Lipinski definition) is 8. The van der Waals surface area contributed by atoms with Crippen molar-refractivity contribution in [2.75, 3.05) is 29.9 Å². The van der Waals surface area contributed by atoms with E-state index in [0.29, 0.717) is 29.9 Å². The molecule has 0 saturated carbocycles. The number of nitrogens with two attached hydrogens (primary N) is 1. The van der Waals surface area contributed by atoms with Gasteiger partial charge >= 0.3 is 0 Å². The summed E-state index contributed by atoms with van der Waals surface area (Å²) in [6.07, 6.45) is 3.44. The first kappa shape index (κ1) is 29.6. The van der Waals surface area contributed by atoms with Gasteiger partial charge in [0, 0.05) is 15.9 Å². The normalized spacial score (nSPS) is 18.2. The van der Waals surface area contributed by atoms with Gasteiger partial charge in [0.1, 0.15) is 17.2 Å². The molecule has 2 aromatic carbocycles. The van der Waals surface area contributed by atoms with Crippen LogP contribution in [0.5, 0.6) is 5.75 Å². The van der Waals surface area contributed by atoms with Gasteiger partial charge in [0.2, 0.25) is 11.9 Å². The quantitative estimate of drug-likeness (QED) is 0.214. The molecule has 226 valence electrons. The highest BCUT2D eigenvalue weighted by Gasteiger charge is 2.34. The number of para-hydroxylation sites is 1. The number of primary amides is 1. The third kappa shape index (κ3) is 5.75. The Hall–Kier alpha value is -3.48. The fourth-order valence-corrected chi connectivity index (χ4v) is 7.59. The summed E-state index contributed by atoms with van der Waals surface area (Å²) in [6.45, 7) is 10.0. The summed E-state index contributed by atoms with van der Waals surface area (Å²) in [5.41, 5.74) is 10.2. The van der Waals surface area contributed by atoms with Gasteiger partial charge in [-0.15, -0.1) is 0 Å². The number of H-pyrrole nitrogens is 1. The predicted molar refractivity (Wildman–Crippen MR) is 174 cm³/mol. The number of nitrogens with one attached hydrogen (secondary N) is 2. The van der Waals surface area contributed by atoms with E-state index in [9.17, 15) is 9.00 Å². The molecule has 10 nitrogen and oxygen atoms in total. The molecule has 1 saturated heterocycles. The zero-order valence-electron chi connectivity index (χ0n) is 24.7. The van der Waals surface area contributed by atoms with Gasteiger partial charge in [-0.25, -0.2) is 0 Å². The van der Waals surface area contributed by atoms with Crippen molar-refractivity contribution >= 4 is 66.8 Å². The highest BCUT2D eigenvalue weighted by Crippen LogP contribution is 2.46. The summed E-state index contributed by atoms with van der Waals surface area (Å²) in [6, 6.07) is 12.0. The maximum absolute atomic E-state index is 13.1. The SMILES string of the molecule is Cc1cc2c(cc1C1CCN(CC(N)=O)CC1)OC(C)N2c1nc(Nc2ccccc2S(=O)C(C)C)c2c(Br)c[nH]c2n1. The van der Waals surface area contributed by atoms with Crippen LogP contribution in [0.15, 0.2) is 52.0 Å². The van der Waals surface area contributed by atoms with Crippen molar-refractivity contribution in [1.82, 2.24) is 19.9 Å². The number of aromatic amines is 1. The number of ether oxygens (including phenoxy) is 1. The van der Waals surface area contributed by atoms with E-state index in [1.165, 1.54) is 11.1 Å². The molecule has 4 aromatic rings. The standard InChI is InChI=1S/C31H36BrN7O3S/c1-17(2)43(41)26-8-6-5-7-23(26)35-30-28-22(32)15-34-29(28)36-31(37-30)39-19(4)42-25-14-21(18(3)13-24(25)39)20-9-11-38(12-10-20)16-27(33)40/h5-8,13-15,17,19-20H,9-12,16H2,1-4H3,(H2,33,40)(H2,34,35,36,37). The van der Waals surface area contributed by atoms with Crippen molar-refractivity contribution in [1.29, 1.82) is 0 Å². The number of amides is 1. The van der Waals surface area contributed by atoms with Crippen LogP contribution >= 0.6 is 15.9 Å². The molecular formula is C31H36BrN7O3S. The number of benzene rings is 2. The number of aryl methyl sites for hydroxylation is 1. The molecule has 2 atom stereocenters. The minimum Gasteiger partial charge on any atom is -0.468 e. The summed E-state index contributed by atoms with van der Waals surface area (Å²) < 4.78 is 20.3. The summed E-state index contributed by atoms with van der Waals surface area (Å²) >= 11 is 3.64. The van der Waals surface area contributed by atoms with E-state index < -0.39 is 10.8 Å². The first-order valence-electron chi connectivity index (χ1n) is 14.5. The van der Waals surface area contributed by atoms with Crippen molar-refractivity contribution in [3.63, 3.8) is 0 Å². The van der Waals surface area contributed by atoms with Crippen LogP contribution < -0.4 is 20.7 Å². The number of fused-ring (bicyclic) bond motifs is 2. The molecule has 43 heavy (non-hydrogen) atoms. The van der Waals surface area contributed by atoms with E-state index in [4.69, 9.17) is 20.4 Å². The van der Waals surface area contributed by atoms with Gasteiger partial charge in [-0.3, -0.25) is 18.8 Å². The van der Waals surface area contributed by atoms with Crippen LogP contribution in [0.1, 0.15) is 50.7 Å². The second kappa shape index (κ2) is 11.9. The first-order valence-corrected chi connectivity index (χ1v) is 16.5. The highest BCUT2D eigenvalue weighted by atomic mass is 79.9. The van der Waals surface area contributed by atoms with Gasteiger partial charge in [-0.05, 0) is 97.0 Å². The lowest BCUT2D eigenvalue weighted by molar-refractivity contribution is -0.119. The van der Waals surface area contributed by atoms with Gasteiger partial charge in [-0.1, -0.05) is 26.0 Å². The smallest absolute Gasteiger partial charge is 0.237 e. The number of carbonyl (C=O) groups is 1. The van der Waals surface area contributed by atoms with Crippen LogP contribution in [0, 0.1) is 6.92 Å². The van der Waals surface area contributed by atoms with E-state index in [-0.39, 0.29) is 17.4 Å². The molecule has 1 fully saturated rings. The molecule has 0 bridgehead atoms. The molecule has 0 spiro atoms. The molecule has 2 aromatic heterocycles. The Morgan fingerprint density at radius 1 is 1.23 bits per heavy atom. The Morgan fingerprint density at radius 3 is 2.70 bits per heavy atom. The van der Waals surface area contributed by atoms with Crippen molar-refractivity contribution in [2.45, 2.75) is 62.8 Å². The van der Waals surface area contributed by atoms with Crippen molar-refractivity contribution in [3.8, 4) is 5.75 Å². The molecule has 2 aliphatic heterocycles. The average molecular weight is 667 g/mol.